The van der Waals surface area contributed by atoms with Crippen LogP contribution in [-0.4, -0.2) is 12.2 Å². The molecule has 0 fully saturated rings. The molecule has 2 rings (SSSR count). The Balaban J connectivity index is 2.21. The van der Waals surface area contributed by atoms with E-state index >= 15 is 0 Å². The van der Waals surface area contributed by atoms with E-state index in [4.69, 9.17) is 4.42 Å². The summed E-state index contributed by atoms with van der Waals surface area (Å²) in [6, 6.07) is 11.8. The summed E-state index contributed by atoms with van der Waals surface area (Å²) in [4.78, 5) is 2.09. The third-order valence-electron chi connectivity index (χ3n) is 3.07. The summed E-state index contributed by atoms with van der Waals surface area (Å²) in [5.74, 6) is 0.915. The molecule has 18 heavy (non-hydrogen) atoms. The van der Waals surface area contributed by atoms with Crippen LogP contribution in [0.25, 0.3) is 0 Å². The van der Waals surface area contributed by atoms with E-state index in [9.17, 15) is 5.11 Å². The van der Waals surface area contributed by atoms with Crippen LogP contribution in [0.1, 0.15) is 30.8 Å². The van der Waals surface area contributed by atoms with Crippen molar-refractivity contribution in [3.05, 3.63) is 54.0 Å². The Kier molecular flexibility index (Phi) is 4.05. The molecule has 0 bridgehead atoms. The molecule has 0 aliphatic heterocycles. The first-order valence-electron chi connectivity index (χ1n) is 6.23. The maximum Gasteiger partial charge on any atom is 0.123 e. The first-order chi connectivity index (χ1) is 8.72. The summed E-state index contributed by atoms with van der Waals surface area (Å²) in [6.07, 6.45) is 1.97. The van der Waals surface area contributed by atoms with Crippen molar-refractivity contribution < 1.29 is 9.52 Å². The van der Waals surface area contributed by atoms with E-state index < -0.39 is 6.10 Å². The zero-order chi connectivity index (χ0) is 13.0. The number of benzene rings is 1. The minimum absolute atomic E-state index is 0.416. The van der Waals surface area contributed by atoms with Crippen LogP contribution in [-0.2, 0) is 6.54 Å². The van der Waals surface area contributed by atoms with E-state index in [0.29, 0.717) is 13.0 Å². The van der Waals surface area contributed by atoms with Gasteiger partial charge in [0, 0.05) is 18.3 Å². The Morgan fingerprint density at radius 2 is 2.00 bits per heavy atom. The zero-order valence-electron chi connectivity index (χ0n) is 10.8. The Morgan fingerprint density at radius 1 is 1.22 bits per heavy atom. The van der Waals surface area contributed by atoms with E-state index in [1.165, 1.54) is 0 Å². The number of rotatable bonds is 5. The van der Waals surface area contributed by atoms with Crippen molar-refractivity contribution >= 4 is 5.69 Å². The predicted molar refractivity (Wildman–Crippen MR) is 72.5 cm³/mol. The van der Waals surface area contributed by atoms with Gasteiger partial charge in [-0.25, -0.2) is 0 Å². The van der Waals surface area contributed by atoms with Crippen LogP contribution in [0.15, 0.2) is 47.1 Å². The lowest BCUT2D eigenvalue weighted by atomic mass is 10.0. The summed E-state index contributed by atoms with van der Waals surface area (Å²) < 4.78 is 5.35. The van der Waals surface area contributed by atoms with Gasteiger partial charge < -0.3 is 14.4 Å². The van der Waals surface area contributed by atoms with Crippen LogP contribution < -0.4 is 4.90 Å². The fraction of sp³-hybridized carbons (Fsp3) is 0.333. The van der Waals surface area contributed by atoms with Crippen LogP contribution in [0.4, 0.5) is 5.69 Å². The van der Waals surface area contributed by atoms with Gasteiger partial charge in [-0.1, -0.05) is 25.1 Å². The van der Waals surface area contributed by atoms with Crippen molar-refractivity contribution in [2.24, 2.45) is 0 Å². The van der Waals surface area contributed by atoms with E-state index in [2.05, 4.69) is 4.90 Å². The van der Waals surface area contributed by atoms with Crippen LogP contribution in [0.2, 0.25) is 0 Å². The Bertz CT molecular complexity index is 479. The van der Waals surface area contributed by atoms with Crippen molar-refractivity contribution in [1.29, 1.82) is 0 Å². The summed E-state index contributed by atoms with van der Waals surface area (Å²) in [6.45, 7) is 2.68. The van der Waals surface area contributed by atoms with Gasteiger partial charge in [0.05, 0.1) is 18.9 Å². The lowest BCUT2D eigenvalue weighted by Gasteiger charge is -2.23. The third-order valence-corrected chi connectivity index (χ3v) is 3.07. The molecule has 2 aromatic rings. The number of nitrogens with zero attached hydrogens (tertiary/aromatic N) is 1. The van der Waals surface area contributed by atoms with Crippen molar-refractivity contribution in [2.45, 2.75) is 26.0 Å². The maximum atomic E-state index is 10.0. The number of furan rings is 1. The first-order valence-corrected chi connectivity index (χ1v) is 6.23. The molecule has 3 nitrogen and oxygen atoms in total. The fourth-order valence-electron chi connectivity index (χ4n) is 2.06. The molecule has 1 aromatic carbocycles. The van der Waals surface area contributed by atoms with Gasteiger partial charge in [0.2, 0.25) is 0 Å². The molecular weight excluding hydrogens is 226 g/mol. The molecular formula is C15H19NO2. The monoisotopic (exact) mass is 245 g/mol. The summed E-state index contributed by atoms with van der Waals surface area (Å²) >= 11 is 0. The second-order valence-corrected chi connectivity index (χ2v) is 4.42. The van der Waals surface area contributed by atoms with Crippen LogP contribution >= 0.6 is 0 Å². The van der Waals surface area contributed by atoms with Gasteiger partial charge in [0.15, 0.2) is 0 Å². The van der Waals surface area contributed by atoms with Gasteiger partial charge in [-0.05, 0) is 24.6 Å². The molecule has 1 atom stereocenters. The number of hydrogen-bond donors (Lipinski definition) is 1. The highest BCUT2D eigenvalue weighted by atomic mass is 16.3. The lowest BCUT2D eigenvalue weighted by Crippen LogP contribution is -2.18. The standard InChI is InChI=1S/C15H19NO2/c1-3-15(17)13-8-4-5-9-14(13)16(2)11-12-7-6-10-18-12/h4-10,15,17H,3,11H2,1-2H3. The van der Waals surface area contributed by atoms with E-state index in [1.807, 2.05) is 50.4 Å². The molecule has 0 aliphatic rings. The quantitative estimate of drug-likeness (QED) is 0.877. The normalized spacial score (nSPS) is 12.4. The van der Waals surface area contributed by atoms with Crippen molar-refractivity contribution in [3.8, 4) is 0 Å². The van der Waals surface area contributed by atoms with Gasteiger partial charge in [-0.2, -0.15) is 0 Å². The molecule has 1 unspecified atom stereocenters. The maximum absolute atomic E-state index is 10.0. The largest absolute Gasteiger partial charge is 0.467 e. The average molecular weight is 245 g/mol. The van der Waals surface area contributed by atoms with Gasteiger partial charge in [-0.3, -0.25) is 0 Å². The minimum Gasteiger partial charge on any atom is -0.467 e. The number of hydrogen-bond acceptors (Lipinski definition) is 3. The van der Waals surface area contributed by atoms with Gasteiger partial charge in [0.1, 0.15) is 5.76 Å². The number of aliphatic hydroxyl groups is 1. The Morgan fingerprint density at radius 3 is 2.67 bits per heavy atom. The second-order valence-electron chi connectivity index (χ2n) is 4.42. The molecule has 96 valence electrons. The zero-order valence-corrected chi connectivity index (χ0v) is 10.8. The summed E-state index contributed by atoms with van der Waals surface area (Å²) in [5, 5.41) is 10.0. The molecule has 0 amide bonds. The molecule has 0 aliphatic carbocycles. The minimum atomic E-state index is -0.416. The fourth-order valence-corrected chi connectivity index (χ4v) is 2.06. The van der Waals surface area contributed by atoms with Crippen molar-refractivity contribution in [3.63, 3.8) is 0 Å². The number of anilines is 1. The van der Waals surface area contributed by atoms with E-state index in [1.54, 1.807) is 6.26 Å². The number of para-hydroxylation sites is 1. The first kappa shape index (κ1) is 12.7. The van der Waals surface area contributed by atoms with E-state index in [0.717, 1.165) is 17.0 Å². The van der Waals surface area contributed by atoms with Crippen LogP contribution in [0.5, 0.6) is 0 Å². The molecule has 0 spiro atoms. The SMILES string of the molecule is CCC(O)c1ccccc1N(C)Cc1ccco1. The van der Waals surface area contributed by atoms with Crippen molar-refractivity contribution in [2.75, 3.05) is 11.9 Å². The van der Waals surface area contributed by atoms with Gasteiger partial charge in [-0.15, -0.1) is 0 Å². The van der Waals surface area contributed by atoms with E-state index in [-0.39, 0.29) is 0 Å². The molecule has 0 saturated heterocycles. The molecule has 1 aromatic heterocycles. The number of aliphatic hydroxyl groups excluding tert-OH is 1. The van der Waals surface area contributed by atoms with Crippen LogP contribution in [0, 0.1) is 0 Å². The third kappa shape index (κ3) is 2.74. The Labute approximate surface area is 108 Å². The molecule has 1 N–H and O–H groups in total. The highest BCUT2D eigenvalue weighted by Gasteiger charge is 2.13. The van der Waals surface area contributed by atoms with Gasteiger partial charge in [0.25, 0.3) is 0 Å². The highest BCUT2D eigenvalue weighted by Crippen LogP contribution is 2.28. The summed E-state index contributed by atoms with van der Waals surface area (Å²) in [5.41, 5.74) is 2.01. The average Bonchev–Trinajstić information content (AvgIpc) is 2.90. The lowest BCUT2D eigenvalue weighted by molar-refractivity contribution is 0.174. The highest BCUT2D eigenvalue weighted by molar-refractivity contribution is 5.54. The summed E-state index contributed by atoms with van der Waals surface area (Å²) in [7, 11) is 2.00. The predicted octanol–water partition coefficient (Wildman–Crippen LogP) is 3.36. The topological polar surface area (TPSA) is 36.6 Å². The Hall–Kier alpha value is -1.74. The van der Waals surface area contributed by atoms with Crippen LogP contribution in [0.3, 0.4) is 0 Å². The molecule has 0 radical (unpaired) electrons. The van der Waals surface area contributed by atoms with Crippen molar-refractivity contribution in [1.82, 2.24) is 0 Å². The van der Waals surface area contributed by atoms with Gasteiger partial charge >= 0.3 is 0 Å². The molecule has 1 heterocycles. The molecule has 3 heteroatoms. The smallest absolute Gasteiger partial charge is 0.123 e. The second kappa shape index (κ2) is 5.74. The molecule has 0 saturated carbocycles.